The van der Waals surface area contributed by atoms with Crippen molar-refractivity contribution in [3.8, 4) is 0 Å². The average molecular weight is 204 g/mol. The minimum Gasteiger partial charge on any atom is -0.243 e. The molecule has 0 aromatic heterocycles. The molecule has 1 aromatic rings. The van der Waals surface area contributed by atoms with Crippen molar-refractivity contribution in [3.63, 3.8) is 0 Å². The van der Waals surface area contributed by atoms with Gasteiger partial charge in [0.15, 0.2) is 0 Å². The van der Waals surface area contributed by atoms with Crippen LogP contribution in [0.3, 0.4) is 0 Å². The molecule has 0 aliphatic carbocycles. The first-order valence-electron chi connectivity index (χ1n) is 5.23. The van der Waals surface area contributed by atoms with Gasteiger partial charge in [-0.3, -0.25) is 0 Å². The fraction of sp³-hybridized carbons (Fsp3) is 0.364. The van der Waals surface area contributed by atoms with Gasteiger partial charge in [-0.2, -0.15) is 5.10 Å². The van der Waals surface area contributed by atoms with Gasteiger partial charge in [0.2, 0.25) is 0 Å². The number of hydrazone groups is 1. The Bertz CT molecular complexity index is 344. The lowest BCUT2D eigenvalue weighted by molar-refractivity contribution is 0.223. The van der Waals surface area contributed by atoms with Crippen LogP contribution in [0.5, 0.6) is 0 Å². The van der Waals surface area contributed by atoms with Gasteiger partial charge in [0.25, 0.3) is 0 Å². The van der Waals surface area contributed by atoms with E-state index >= 15 is 0 Å². The Kier molecular flexibility index (Phi) is 2.87. The molecule has 1 aliphatic rings. The Balaban J connectivity index is 2.15. The van der Waals surface area contributed by atoms with Crippen molar-refractivity contribution in [2.75, 3.05) is 11.6 Å². The van der Waals surface area contributed by atoms with E-state index in [1.165, 1.54) is 5.56 Å². The second-order valence-corrected chi connectivity index (χ2v) is 3.65. The highest BCUT2D eigenvalue weighted by Gasteiger charge is 2.17. The van der Waals surface area contributed by atoms with Crippen LogP contribution in [0, 0.1) is 6.92 Å². The molecule has 0 saturated heterocycles. The monoisotopic (exact) mass is 204 g/mol. The van der Waals surface area contributed by atoms with Gasteiger partial charge in [-0.05, 0) is 25.5 Å². The summed E-state index contributed by atoms with van der Waals surface area (Å²) in [6.07, 6.45) is 2.87. The molecule has 2 rings (SSSR count). The Morgan fingerprint density at radius 3 is 2.67 bits per heavy atom. The number of aryl methyl sites for hydroxylation is 1. The van der Waals surface area contributed by atoms with Crippen LogP contribution in [-0.4, -0.2) is 18.0 Å². The number of hydrogen-bond acceptors (Lipinski definition) is 4. The largest absolute Gasteiger partial charge is 0.243 e. The van der Waals surface area contributed by atoms with Crippen molar-refractivity contribution in [3.05, 3.63) is 29.8 Å². The number of benzene rings is 1. The Hall–Kier alpha value is -1.55. The molecule has 80 valence electrons. The van der Waals surface area contributed by atoms with E-state index in [0.717, 1.165) is 18.7 Å². The van der Waals surface area contributed by atoms with Crippen LogP contribution in [0.25, 0.3) is 0 Å². The zero-order valence-electron chi connectivity index (χ0n) is 9.14. The standard InChI is InChI=1S/C11H16N4/c1-3-8-15-13-12-9-14(15)11-6-4-10(2)5-7-11/h4-7,9,13H,3,8H2,1-2H3. The Morgan fingerprint density at radius 1 is 1.27 bits per heavy atom. The average Bonchev–Trinajstić information content (AvgIpc) is 2.68. The number of hydrazine groups is 2. The maximum atomic E-state index is 4.04. The number of nitrogens with one attached hydrogen (secondary N) is 1. The van der Waals surface area contributed by atoms with Gasteiger partial charge in [-0.1, -0.05) is 24.6 Å². The zero-order chi connectivity index (χ0) is 10.7. The van der Waals surface area contributed by atoms with Crippen molar-refractivity contribution in [1.82, 2.24) is 10.7 Å². The Labute approximate surface area is 90.1 Å². The molecule has 15 heavy (non-hydrogen) atoms. The normalized spacial score (nSPS) is 15.7. The van der Waals surface area contributed by atoms with E-state index in [9.17, 15) is 0 Å². The molecule has 1 N–H and O–H groups in total. The molecule has 4 heteroatoms. The molecule has 0 fully saturated rings. The first kappa shape index (κ1) is 9.98. The van der Waals surface area contributed by atoms with Crippen LogP contribution >= 0.6 is 0 Å². The molecule has 4 nitrogen and oxygen atoms in total. The van der Waals surface area contributed by atoms with E-state index < -0.39 is 0 Å². The third-order valence-corrected chi connectivity index (χ3v) is 2.33. The van der Waals surface area contributed by atoms with Gasteiger partial charge in [-0.25, -0.2) is 10.5 Å². The third kappa shape index (κ3) is 2.10. The smallest absolute Gasteiger partial charge is 0.133 e. The minimum atomic E-state index is 0.938. The Morgan fingerprint density at radius 2 is 2.00 bits per heavy atom. The summed E-state index contributed by atoms with van der Waals surface area (Å²) in [7, 11) is 0. The fourth-order valence-electron chi connectivity index (χ4n) is 1.53. The van der Waals surface area contributed by atoms with Crippen molar-refractivity contribution >= 4 is 12.0 Å². The topological polar surface area (TPSA) is 30.9 Å². The van der Waals surface area contributed by atoms with E-state index in [0.29, 0.717) is 0 Å². The minimum absolute atomic E-state index is 0.938. The van der Waals surface area contributed by atoms with Gasteiger partial charge >= 0.3 is 0 Å². The van der Waals surface area contributed by atoms with E-state index in [1.54, 1.807) is 6.34 Å². The molecular weight excluding hydrogens is 188 g/mol. The molecule has 0 spiro atoms. The molecule has 1 aromatic carbocycles. The first-order chi connectivity index (χ1) is 7.31. The summed E-state index contributed by atoms with van der Waals surface area (Å²) in [6.45, 7) is 5.17. The first-order valence-corrected chi connectivity index (χ1v) is 5.23. The van der Waals surface area contributed by atoms with Crippen LogP contribution in [0.2, 0.25) is 0 Å². The van der Waals surface area contributed by atoms with Crippen LogP contribution in [0.4, 0.5) is 5.69 Å². The summed E-state index contributed by atoms with van der Waals surface area (Å²) in [5.41, 5.74) is 5.35. The van der Waals surface area contributed by atoms with Crippen molar-refractivity contribution in [2.45, 2.75) is 20.3 Å². The van der Waals surface area contributed by atoms with Crippen molar-refractivity contribution in [1.29, 1.82) is 0 Å². The highest BCUT2D eigenvalue weighted by Crippen LogP contribution is 2.16. The molecule has 0 atom stereocenters. The van der Waals surface area contributed by atoms with Gasteiger partial charge < -0.3 is 0 Å². The van der Waals surface area contributed by atoms with E-state index in [1.807, 2.05) is 10.1 Å². The quantitative estimate of drug-likeness (QED) is 0.815. The summed E-state index contributed by atoms with van der Waals surface area (Å²) in [4.78, 5) is 0. The van der Waals surface area contributed by atoms with Gasteiger partial charge in [0, 0.05) is 6.54 Å². The molecule has 0 amide bonds. The molecule has 0 saturated carbocycles. The summed E-state index contributed by atoms with van der Waals surface area (Å²) >= 11 is 0. The van der Waals surface area contributed by atoms with Crippen molar-refractivity contribution < 1.29 is 0 Å². The summed E-state index contributed by atoms with van der Waals surface area (Å²) < 4.78 is 0. The van der Waals surface area contributed by atoms with E-state index in [-0.39, 0.29) is 0 Å². The molecule has 1 aliphatic heterocycles. The number of nitrogens with zero attached hydrogens (tertiary/aromatic N) is 3. The van der Waals surface area contributed by atoms with Crippen LogP contribution < -0.4 is 10.5 Å². The predicted molar refractivity (Wildman–Crippen MR) is 62.3 cm³/mol. The number of anilines is 1. The lowest BCUT2D eigenvalue weighted by Crippen LogP contribution is -2.43. The van der Waals surface area contributed by atoms with Crippen LogP contribution in [-0.2, 0) is 0 Å². The van der Waals surface area contributed by atoms with Crippen LogP contribution in [0.1, 0.15) is 18.9 Å². The molecular formula is C11H16N4. The van der Waals surface area contributed by atoms with Crippen LogP contribution in [0.15, 0.2) is 29.4 Å². The number of hydrogen-bond donors (Lipinski definition) is 1. The molecule has 1 heterocycles. The second kappa shape index (κ2) is 4.31. The van der Waals surface area contributed by atoms with Gasteiger partial charge in [0.1, 0.15) is 6.34 Å². The van der Waals surface area contributed by atoms with E-state index in [2.05, 4.69) is 48.7 Å². The summed E-state index contributed by atoms with van der Waals surface area (Å²) in [5.74, 6) is 0. The summed E-state index contributed by atoms with van der Waals surface area (Å²) in [5, 5.41) is 8.05. The highest BCUT2D eigenvalue weighted by molar-refractivity contribution is 5.78. The fourth-order valence-corrected chi connectivity index (χ4v) is 1.53. The molecule has 0 bridgehead atoms. The second-order valence-electron chi connectivity index (χ2n) is 3.65. The van der Waals surface area contributed by atoms with E-state index in [4.69, 9.17) is 0 Å². The maximum Gasteiger partial charge on any atom is 0.133 e. The molecule has 0 radical (unpaired) electrons. The third-order valence-electron chi connectivity index (χ3n) is 2.33. The summed E-state index contributed by atoms with van der Waals surface area (Å²) in [6, 6.07) is 8.39. The van der Waals surface area contributed by atoms with Gasteiger partial charge in [-0.15, -0.1) is 5.12 Å². The highest BCUT2D eigenvalue weighted by atomic mass is 15.9. The number of rotatable bonds is 3. The zero-order valence-corrected chi connectivity index (χ0v) is 9.14. The van der Waals surface area contributed by atoms with Gasteiger partial charge in [0.05, 0.1) is 5.69 Å². The SMILES string of the molecule is CCCN1NN=CN1c1ccc(C)cc1. The lowest BCUT2D eigenvalue weighted by Gasteiger charge is -2.25. The maximum absolute atomic E-state index is 4.04. The molecule has 0 unspecified atom stereocenters. The van der Waals surface area contributed by atoms with Crippen molar-refractivity contribution in [2.24, 2.45) is 5.10 Å². The lowest BCUT2D eigenvalue weighted by atomic mass is 10.2. The predicted octanol–water partition coefficient (Wildman–Crippen LogP) is 1.89.